The summed E-state index contributed by atoms with van der Waals surface area (Å²) >= 11 is 1.03. The van der Waals surface area contributed by atoms with Crippen LogP contribution in [0.4, 0.5) is 14.5 Å². The van der Waals surface area contributed by atoms with Gasteiger partial charge >= 0.3 is 5.97 Å². The Kier molecular flexibility index (Phi) is 7.86. The van der Waals surface area contributed by atoms with Crippen molar-refractivity contribution in [1.29, 1.82) is 0 Å². The van der Waals surface area contributed by atoms with Crippen molar-refractivity contribution in [3.63, 3.8) is 0 Å². The number of hydrogen-bond acceptors (Lipinski definition) is 6. The highest BCUT2D eigenvalue weighted by Crippen LogP contribution is 2.41. The van der Waals surface area contributed by atoms with Gasteiger partial charge in [0.05, 0.1) is 18.4 Å². The summed E-state index contributed by atoms with van der Waals surface area (Å²) in [6.07, 6.45) is 4.80. The fourth-order valence-electron chi connectivity index (χ4n) is 4.70. The predicted molar refractivity (Wildman–Crippen MR) is 148 cm³/mol. The Morgan fingerprint density at radius 3 is 2.49 bits per heavy atom. The third-order valence-corrected chi connectivity index (χ3v) is 9.39. The molecule has 1 unspecified atom stereocenters. The number of halogens is 2. The zero-order chi connectivity index (χ0) is 28.7. The van der Waals surface area contributed by atoms with Crippen molar-refractivity contribution in [3.05, 3.63) is 64.0 Å². The number of nitrogens with one attached hydrogen (secondary N) is 1. The number of methoxy groups -OCH3 is 1. The Morgan fingerprint density at radius 1 is 1.21 bits per heavy atom. The van der Waals surface area contributed by atoms with Crippen LogP contribution in [0, 0.1) is 29.9 Å². The Balaban J connectivity index is 1.60. The largest absolute Gasteiger partial charge is 0.495 e. The number of aromatic nitrogens is 1. The molecule has 0 amide bonds. The number of thiazole rings is 1. The van der Waals surface area contributed by atoms with Crippen LogP contribution in [-0.4, -0.2) is 31.6 Å². The van der Waals surface area contributed by atoms with E-state index in [2.05, 4.69) is 36.6 Å². The van der Waals surface area contributed by atoms with Crippen LogP contribution in [0.3, 0.4) is 0 Å². The van der Waals surface area contributed by atoms with E-state index in [1.807, 2.05) is 0 Å². The molecule has 3 aromatic rings. The number of sulfonamides is 1. The lowest BCUT2D eigenvalue weighted by Gasteiger charge is -2.33. The Hall–Kier alpha value is -3.31. The zero-order valence-corrected chi connectivity index (χ0v) is 23.9. The maximum absolute atomic E-state index is 15.5. The van der Waals surface area contributed by atoms with Crippen LogP contribution < -0.4 is 9.46 Å². The normalized spacial score (nSPS) is 16.1. The number of allylic oxidation sites excluding steroid dienone is 2. The summed E-state index contributed by atoms with van der Waals surface area (Å²) in [4.78, 5) is 15.4. The van der Waals surface area contributed by atoms with E-state index in [0.29, 0.717) is 27.6 Å². The molecule has 1 atom stereocenters. The lowest BCUT2D eigenvalue weighted by Crippen LogP contribution is -2.22. The monoisotopic (exact) mass is 576 g/mol. The second kappa shape index (κ2) is 10.7. The molecule has 11 heteroatoms. The van der Waals surface area contributed by atoms with Gasteiger partial charge in [0, 0.05) is 22.6 Å². The minimum atomic E-state index is -4.30. The molecular formula is C28H30F2N2O5S2. The topological polar surface area (TPSA) is 106 Å². The minimum absolute atomic E-state index is 0.174. The molecule has 208 valence electrons. The third-order valence-electron chi connectivity index (χ3n) is 7.12. The molecule has 39 heavy (non-hydrogen) atoms. The molecule has 1 aliphatic rings. The standard InChI is InChI=1S/C28H30F2N2O5S2/c1-15-18(10-11-19(25(15)30)16-6-8-17(9-7-16)28(2,3)4)26-31-24(14-38-26)39(35,36)32-22-13-21(29)20(27(33)34)12-23(22)37-5/h6,10-14,17,32H,7-9H2,1-5H3,(H,33,34). The number of aromatic carboxylic acids is 1. The molecule has 0 radical (unpaired) electrons. The number of anilines is 1. The maximum atomic E-state index is 15.5. The first kappa shape index (κ1) is 28.7. The highest BCUT2D eigenvalue weighted by atomic mass is 32.2. The first-order valence-corrected chi connectivity index (χ1v) is 14.7. The van der Waals surface area contributed by atoms with Gasteiger partial charge in [-0.05, 0) is 54.7 Å². The number of carboxylic acids is 1. The average molecular weight is 577 g/mol. The smallest absolute Gasteiger partial charge is 0.338 e. The lowest BCUT2D eigenvalue weighted by molar-refractivity contribution is 0.0691. The first-order chi connectivity index (χ1) is 18.2. The molecular weight excluding hydrogens is 546 g/mol. The number of rotatable bonds is 7. The van der Waals surface area contributed by atoms with E-state index >= 15 is 4.39 Å². The van der Waals surface area contributed by atoms with Crippen molar-refractivity contribution in [3.8, 4) is 16.3 Å². The van der Waals surface area contributed by atoms with Crippen molar-refractivity contribution >= 4 is 38.6 Å². The summed E-state index contributed by atoms with van der Waals surface area (Å²) in [6.45, 7) is 8.30. The minimum Gasteiger partial charge on any atom is -0.495 e. The second-order valence-electron chi connectivity index (χ2n) is 10.6. The Labute approximate surface area is 230 Å². The van der Waals surface area contributed by atoms with Crippen LogP contribution in [0.15, 0.2) is 40.7 Å². The van der Waals surface area contributed by atoms with Crippen molar-refractivity contribution in [2.75, 3.05) is 11.8 Å². The molecule has 0 spiro atoms. The molecule has 0 saturated heterocycles. The highest BCUT2D eigenvalue weighted by Gasteiger charge is 2.28. The van der Waals surface area contributed by atoms with Crippen molar-refractivity contribution in [2.24, 2.45) is 11.3 Å². The van der Waals surface area contributed by atoms with Gasteiger partial charge in [-0.3, -0.25) is 4.72 Å². The van der Waals surface area contributed by atoms with Crippen LogP contribution in [0.5, 0.6) is 5.75 Å². The van der Waals surface area contributed by atoms with E-state index in [1.54, 1.807) is 19.1 Å². The van der Waals surface area contributed by atoms with E-state index in [0.717, 1.165) is 48.3 Å². The summed E-state index contributed by atoms with van der Waals surface area (Å²) in [6, 6.07) is 5.08. The first-order valence-electron chi connectivity index (χ1n) is 12.3. The fourth-order valence-corrected chi connectivity index (χ4v) is 6.94. The third kappa shape index (κ3) is 5.84. The summed E-state index contributed by atoms with van der Waals surface area (Å²) in [7, 11) is -3.10. The van der Waals surface area contributed by atoms with Crippen molar-refractivity contribution < 1.29 is 31.8 Å². The number of carboxylic acid groups (broad SMARTS) is 1. The van der Waals surface area contributed by atoms with Crippen LogP contribution in [0.2, 0.25) is 0 Å². The molecule has 1 aromatic heterocycles. The van der Waals surface area contributed by atoms with Crippen LogP contribution in [0.25, 0.3) is 16.1 Å². The molecule has 2 N–H and O–H groups in total. The summed E-state index contributed by atoms with van der Waals surface area (Å²) < 4.78 is 63.0. The number of benzene rings is 2. The molecule has 0 bridgehead atoms. The van der Waals surface area contributed by atoms with E-state index in [1.165, 1.54) is 12.5 Å². The second-order valence-corrected chi connectivity index (χ2v) is 13.1. The van der Waals surface area contributed by atoms with Gasteiger partial charge in [-0.2, -0.15) is 8.42 Å². The predicted octanol–water partition coefficient (Wildman–Crippen LogP) is 7.13. The number of carbonyl (C=O) groups is 1. The average Bonchev–Trinajstić information content (AvgIpc) is 3.36. The van der Waals surface area contributed by atoms with Gasteiger partial charge in [-0.25, -0.2) is 18.6 Å². The van der Waals surface area contributed by atoms with Crippen molar-refractivity contribution in [2.45, 2.75) is 52.0 Å². The van der Waals surface area contributed by atoms with E-state index in [4.69, 9.17) is 9.84 Å². The summed E-state index contributed by atoms with van der Waals surface area (Å²) in [5, 5.41) is 10.4. The van der Waals surface area contributed by atoms with Crippen LogP contribution >= 0.6 is 11.3 Å². The number of hydrogen-bond donors (Lipinski definition) is 2. The Morgan fingerprint density at radius 2 is 1.90 bits per heavy atom. The van der Waals surface area contributed by atoms with Gasteiger partial charge in [0.15, 0.2) is 5.03 Å². The molecule has 2 aromatic carbocycles. The van der Waals surface area contributed by atoms with Crippen LogP contribution in [-0.2, 0) is 10.0 Å². The van der Waals surface area contributed by atoms with Gasteiger partial charge in [0.25, 0.3) is 10.0 Å². The molecule has 0 aliphatic heterocycles. The molecule has 1 heterocycles. The SMILES string of the molecule is COc1cc(C(=O)O)c(F)cc1NS(=O)(=O)c1csc(-c2ccc(C3=CCC(C(C)(C)C)CC3)c(F)c2C)n1. The molecule has 1 aliphatic carbocycles. The van der Waals surface area contributed by atoms with E-state index in [9.17, 15) is 17.6 Å². The molecule has 0 saturated carbocycles. The van der Waals surface area contributed by atoms with Gasteiger partial charge < -0.3 is 9.84 Å². The van der Waals surface area contributed by atoms with Gasteiger partial charge in [-0.15, -0.1) is 11.3 Å². The fraction of sp³-hybridized carbons (Fsp3) is 0.357. The number of nitrogens with zero attached hydrogens (tertiary/aromatic N) is 1. The maximum Gasteiger partial charge on any atom is 0.338 e. The van der Waals surface area contributed by atoms with Gasteiger partial charge in [0.2, 0.25) is 0 Å². The van der Waals surface area contributed by atoms with Gasteiger partial charge in [-0.1, -0.05) is 39.0 Å². The van der Waals surface area contributed by atoms with E-state index < -0.39 is 27.4 Å². The highest BCUT2D eigenvalue weighted by molar-refractivity contribution is 7.92. The summed E-state index contributed by atoms with van der Waals surface area (Å²) in [5.41, 5.74) is 1.62. The zero-order valence-electron chi connectivity index (χ0n) is 22.3. The molecule has 7 nitrogen and oxygen atoms in total. The van der Waals surface area contributed by atoms with Crippen molar-refractivity contribution in [1.82, 2.24) is 4.98 Å². The quantitative estimate of drug-likeness (QED) is 0.310. The Bertz CT molecular complexity index is 1570. The van der Waals surface area contributed by atoms with Gasteiger partial charge in [0.1, 0.15) is 22.4 Å². The number of ether oxygens (including phenoxy) is 1. The summed E-state index contributed by atoms with van der Waals surface area (Å²) in [5.74, 6) is -2.64. The van der Waals surface area contributed by atoms with Crippen LogP contribution in [0.1, 0.15) is 61.5 Å². The lowest BCUT2D eigenvalue weighted by atomic mass is 9.72. The molecule has 4 rings (SSSR count). The molecule has 0 fully saturated rings. The van der Waals surface area contributed by atoms with E-state index in [-0.39, 0.29) is 27.7 Å².